The lowest BCUT2D eigenvalue weighted by atomic mass is 10.2. The van der Waals surface area contributed by atoms with Crippen LogP contribution in [0, 0.1) is 5.82 Å². The number of rotatable bonds is 4. The Morgan fingerprint density at radius 2 is 1.82 bits per heavy atom. The molecule has 2 aromatic carbocycles. The van der Waals surface area contributed by atoms with Crippen molar-refractivity contribution in [2.24, 2.45) is 0 Å². The van der Waals surface area contributed by atoms with Gasteiger partial charge in [0.2, 0.25) is 5.91 Å². The topological polar surface area (TPSA) is 61.4 Å². The average molecular weight is 444 g/mol. The molecule has 1 fully saturated rings. The van der Waals surface area contributed by atoms with Gasteiger partial charge in [-0.3, -0.25) is 9.69 Å². The number of carbonyl (C=O) groups is 1. The first kappa shape index (κ1) is 18.8. The zero-order valence-corrected chi connectivity index (χ0v) is 16.7. The highest BCUT2D eigenvalue weighted by atomic mass is 79.9. The normalized spacial score (nSPS) is 15.0. The highest BCUT2D eigenvalue weighted by Gasteiger charge is 2.21. The first-order valence-corrected chi connectivity index (χ1v) is 9.81. The van der Waals surface area contributed by atoms with Crippen LogP contribution in [-0.2, 0) is 4.79 Å². The summed E-state index contributed by atoms with van der Waals surface area (Å²) in [6.07, 6.45) is 1.59. The average Bonchev–Trinajstić information content (AvgIpc) is 2.70. The van der Waals surface area contributed by atoms with Gasteiger partial charge in [0.15, 0.2) is 0 Å². The maximum Gasteiger partial charge on any atom is 0.238 e. The van der Waals surface area contributed by atoms with E-state index in [1.165, 1.54) is 12.1 Å². The van der Waals surface area contributed by atoms with Gasteiger partial charge in [-0.15, -0.1) is 0 Å². The monoisotopic (exact) mass is 443 g/mol. The lowest BCUT2D eigenvalue weighted by Crippen LogP contribution is -2.49. The number of nitrogens with zero attached hydrogens (tertiary/aromatic N) is 4. The molecule has 3 aromatic rings. The lowest BCUT2D eigenvalue weighted by Gasteiger charge is -2.35. The Morgan fingerprint density at radius 3 is 2.57 bits per heavy atom. The molecule has 8 heteroatoms. The van der Waals surface area contributed by atoms with Gasteiger partial charge in [-0.25, -0.2) is 14.4 Å². The van der Waals surface area contributed by atoms with Crippen LogP contribution in [0.4, 0.5) is 15.9 Å². The molecule has 4 rings (SSSR count). The number of benzene rings is 2. The molecule has 0 bridgehead atoms. The summed E-state index contributed by atoms with van der Waals surface area (Å²) in [5.74, 6) is 0.497. The Balaban J connectivity index is 1.36. The number of anilines is 2. The van der Waals surface area contributed by atoms with Gasteiger partial charge in [-0.2, -0.15) is 0 Å². The van der Waals surface area contributed by atoms with E-state index in [1.807, 2.05) is 18.2 Å². The molecule has 0 spiro atoms. The van der Waals surface area contributed by atoms with E-state index in [1.54, 1.807) is 18.5 Å². The summed E-state index contributed by atoms with van der Waals surface area (Å²) >= 11 is 3.51. The molecule has 0 radical (unpaired) electrons. The number of nitrogens with one attached hydrogen (secondary N) is 1. The number of amides is 1. The van der Waals surface area contributed by atoms with Gasteiger partial charge in [-0.05, 0) is 42.5 Å². The molecule has 1 saturated heterocycles. The molecule has 28 heavy (non-hydrogen) atoms. The second-order valence-corrected chi connectivity index (χ2v) is 7.59. The number of aromatic nitrogens is 2. The van der Waals surface area contributed by atoms with E-state index < -0.39 is 0 Å². The van der Waals surface area contributed by atoms with E-state index in [9.17, 15) is 9.18 Å². The summed E-state index contributed by atoms with van der Waals surface area (Å²) in [5, 5.41) is 3.82. The van der Waals surface area contributed by atoms with Crippen molar-refractivity contribution in [2.45, 2.75) is 0 Å². The van der Waals surface area contributed by atoms with Crippen LogP contribution in [0.1, 0.15) is 0 Å². The molecule has 0 atom stereocenters. The lowest BCUT2D eigenvalue weighted by molar-refractivity contribution is -0.117. The van der Waals surface area contributed by atoms with Crippen molar-refractivity contribution in [1.82, 2.24) is 14.9 Å². The van der Waals surface area contributed by atoms with Crippen molar-refractivity contribution in [3.63, 3.8) is 0 Å². The Bertz CT molecular complexity index is 990. The van der Waals surface area contributed by atoms with Crippen molar-refractivity contribution in [3.05, 3.63) is 59.1 Å². The predicted molar refractivity (Wildman–Crippen MR) is 111 cm³/mol. The zero-order chi connectivity index (χ0) is 19.5. The van der Waals surface area contributed by atoms with Crippen LogP contribution in [0.3, 0.4) is 0 Å². The molecule has 144 valence electrons. The van der Waals surface area contributed by atoms with Crippen molar-refractivity contribution in [1.29, 1.82) is 0 Å². The standard InChI is InChI=1S/C20H19BrFN5O/c21-14-1-6-18-17(11-14)20(24-13-23-18)27-9-7-26(8-10-27)12-19(28)25-16-4-2-15(22)3-5-16/h1-6,11,13H,7-10,12H2,(H,25,28). The first-order valence-electron chi connectivity index (χ1n) is 9.01. The third kappa shape index (κ3) is 4.28. The molecule has 0 saturated carbocycles. The van der Waals surface area contributed by atoms with Crippen LogP contribution >= 0.6 is 15.9 Å². The van der Waals surface area contributed by atoms with Gasteiger partial charge in [0.05, 0.1) is 12.1 Å². The molecular formula is C20H19BrFN5O. The van der Waals surface area contributed by atoms with Crippen LogP contribution in [-0.4, -0.2) is 53.5 Å². The Hall–Kier alpha value is -2.58. The molecular weight excluding hydrogens is 425 g/mol. The molecule has 1 aliphatic rings. The second kappa shape index (κ2) is 8.20. The van der Waals surface area contributed by atoms with Crippen molar-refractivity contribution >= 4 is 44.2 Å². The summed E-state index contributed by atoms with van der Waals surface area (Å²) in [6.45, 7) is 3.39. The zero-order valence-electron chi connectivity index (χ0n) is 15.1. The molecule has 0 unspecified atom stereocenters. The number of fused-ring (bicyclic) bond motifs is 1. The third-order valence-electron chi connectivity index (χ3n) is 4.74. The van der Waals surface area contributed by atoms with Gasteiger partial charge in [0, 0.05) is 41.7 Å². The van der Waals surface area contributed by atoms with Crippen LogP contribution < -0.4 is 10.2 Å². The third-order valence-corrected chi connectivity index (χ3v) is 5.24. The van der Waals surface area contributed by atoms with E-state index >= 15 is 0 Å². The van der Waals surface area contributed by atoms with Crippen molar-refractivity contribution < 1.29 is 9.18 Å². The first-order chi connectivity index (χ1) is 13.6. The number of carbonyl (C=O) groups excluding carboxylic acids is 1. The van der Waals surface area contributed by atoms with E-state index in [0.29, 0.717) is 12.2 Å². The molecule has 1 amide bonds. The summed E-state index contributed by atoms with van der Waals surface area (Å²) in [5.41, 5.74) is 1.51. The largest absolute Gasteiger partial charge is 0.353 e. The highest BCUT2D eigenvalue weighted by Crippen LogP contribution is 2.26. The minimum absolute atomic E-state index is 0.100. The minimum atomic E-state index is -0.321. The van der Waals surface area contributed by atoms with Gasteiger partial charge in [0.25, 0.3) is 0 Å². The quantitative estimate of drug-likeness (QED) is 0.670. The molecule has 1 aromatic heterocycles. The minimum Gasteiger partial charge on any atom is -0.353 e. The fourth-order valence-electron chi connectivity index (χ4n) is 3.32. The van der Waals surface area contributed by atoms with E-state index in [4.69, 9.17) is 0 Å². The Morgan fingerprint density at radius 1 is 1.07 bits per heavy atom. The summed E-state index contributed by atoms with van der Waals surface area (Å²) in [6, 6.07) is 11.8. The van der Waals surface area contributed by atoms with Crippen LogP contribution in [0.15, 0.2) is 53.3 Å². The maximum absolute atomic E-state index is 13.0. The second-order valence-electron chi connectivity index (χ2n) is 6.68. The Labute approximate surface area is 170 Å². The van der Waals surface area contributed by atoms with E-state index in [0.717, 1.165) is 47.4 Å². The number of hydrogen-bond acceptors (Lipinski definition) is 5. The van der Waals surface area contributed by atoms with Crippen LogP contribution in [0.25, 0.3) is 10.9 Å². The number of piperazine rings is 1. The van der Waals surface area contributed by atoms with Gasteiger partial charge >= 0.3 is 0 Å². The number of halogens is 2. The van der Waals surface area contributed by atoms with Crippen molar-refractivity contribution in [3.8, 4) is 0 Å². The SMILES string of the molecule is O=C(CN1CCN(c2ncnc3ccc(Br)cc23)CC1)Nc1ccc(F)cc1. The fourth-order valence-corrected chi connectivity index (χ4v) is 3.68. The maximum atomic E-state index is 13.0. The smallest absolute Gasteiger partial charge is 0.238 e. The highest BCUT2D eigenvalue weighted by molar-refractivity contribution is 9.10. The van der Waals surface area contributed by atoms with E-state index in [2.05, 4.69) is 41.0 Å². The summed E-state index contributed by atoms with van der Waals surface area (Å²) in [7, 11) is 0. The summed E-state index contributed by atoms with van der Waals surface area (Å²) in [4.78, 5) is 25.4. The van der Waals surface area contributed by atoms with Crippen LogP contribution in [0.5, 0.6) is 0 Å². The van der Waals surface area contributed by atoms with Gasteiger partial charge < -0.3 is 10.2 Å². The Kier molecular flexibility index (Phi) is 5.50. The molecule has 0 aliphatic carbocycles. The molecule has 1 aliphatic heterocycles. The molecule has 6 nitrogen and oxygen atoms in total. The van der Waals surface area contributed by atoms with Gasteiger partial charge in [-0.1, -0.05) is 15.9 Å². The van der Waals surface area contributed by atoms with Crippen molar-refractivity contribution in [2.75, 3.05) is 42.9 Å². The number of hydrogen-bond donors (Lipinski definition) is 1. The molecule has 2 heterocycles. The predicted octanol–water partition coefficient (Wildman–Crippen LogP) is 3.29. The fraction of sp³-hybridized carbons (Fsp3) is 0.250. The van der Waals surface area contributed by atoms with Gasteiger partial charge in [0.1, 0.15) is 18.0 Å². The van der Waals surface area contributed by atoms with Crippen LogP contribution in [0.2, 0.25) is 0 Å². The summed E-state index contributed by atoms with van der Waals surface area (Å²) < 4.78 is 13.9. The van der Waals surface area contributed by atoms with E-state index in [-0.39, 0.29) is 11.7 Å². The molecule has 1 N–H and O–H groups in total.